The molecule has 1 rings (SSSR count). The van der Waals surface area contributed by atoms with Gasteiger partial charge in [0.05, 0.1) is 18.8 Å². The van der Waals surface area contributed by atoms with Gasteiger partial charge < -0.3 is 19.9 Å². The summed E-state index contributed by atoms with van der Waals surface area (Å²) in [7, 11) is 1.64. The van der Waals surface area contributed by atoms with Crippen LogP contribution in [0.2, 0.25) is 0 Å². The molecule has 118 valence electrons. The molecule has 0 heterocycles. The lowest BCUT2D eigenvalue weighted by Crippen LogP contribution is -2.16. The van der Waals surface area contributed by atoms with E-state index in [1.807, 2.05) is 0 Å². The van der Waals surface area contributed by atoms with Gasteiger partial charge in [-0.2, -0.15) is 0 Å². The van der Waals surface area contributed by atoms with Gasteiger partial charge in [0, 0.05) is 20.3 Å². The molecule has 5 nitrogen and oxygen atoms in total. The molecule has 6 heteroatoms. The van der Waals surface area contributed by atoms with Crippen molar-refractivity contribution < 1.29 is 23.8 Å². The first kappa shape index (κ1) is 17.6. The Hall–Kier alpha value is -1.50. The molecule has 0 bridgehead atoms. The molecule has 21 heavy (non-hydrogen) atoms. The summed E-state index contributed by atoms with van der Waals surface area (Å²) in [6.45, 7) is 3.24. The molecule has 0 atom stereocenters. The minimum absolute atomic E-state index is 0.299. The van der Waals surface area contributed by atoms with E-state index < -0.39 is 11.8 Å². The summed E-state index contributed by atoms with van der Waals surface area (Å²) in [6, 6.07) is 4.16. The van der Waals surface area contributed by atoms with Crippen LogP contribution in [0.15, 0.2) is 18.2 Å². The van der Waals surface area contributed by atoms with Crippen LogP contribution in [0.1, 0.15) is 28.8 Å². The minimum atomic E-state index is -1.25. The Balaban J connectivity index is 2.13. The summed E-state index contributed by atoms with van der Waals surface area (Å²) >= 11 is 0. The molecule has 0 radical (unpaired) electrons. The normalized spacial score (nSPS) is 10.8. The standard InChI is InChI=1S/C15H22FNO4/c1-20-8-9-21-7-3-2-6-17-11-12-4-5-13(15(18)19)14(16)10-12/h4-5,10,17H,2-3,6-9,11H2,1H3,(H,18,19). The highest BCUT2D eigenvalue weighted by Crippen LogP contribution is 2.10. The van der Waals surface area contributed by atoms with E-state index in [1.165, 1.54) is 12.1 Å². The number of methoxy groups -OCH3 is 1. The van der Waals surface area contributed by atoms with Crippen molar-refractivity contribution in [2.45, 2.75) is 19.4 Å². The zero-order valence-corrected chi connectivity index (χ0v) is 12.2. The molecule has 0 saturated carbocycles. The molecular weight excluding hydrogens is 277 g/mol. The van der Waals surface area contributed by atoms with E-state index >= 15 is 0 Å². The number of carbonyl (C=O) groups is 1. The van der Waals surface area contributed by atoms with E-state index in [-0.39, 0.29) is 5.56 Å². The Labute approximate surface area is 124 Å². The second-order valence-corrected chi connectivity index (χ2v) is 4.61. The molecule has 1 aromatic carbocycles. The fourth-order valence-electron chi connectivity index (χ4n) is 1.77. The Morgan fingerprint density at radius 1 is 1.29 bits per heavy atom. The summed E-state index contributed by atoms with van der Waals surface area (Å²) in [5.74, 6) is -1.95. The monoisotopic (exact) mass is 299 g/mol. The average Bonchev–Trinajstić information content (AvgIpc) is 2.45. The second-order valence-electron chi connectivity index (χ2n) is 4.61. The summed E-state index contributed by atoms with van der Waals surface area (Å²) in [5, 5.41) is 11.9. The Morgan fingerprint density at radius 2 is 2.10 bits per heavy atom. The molecule has 0 fully saturated rings. The highest BCUT2D eigenvalue weighted by atomic mass is 19.1. The first-order valence-electron chi connectivity index (χ1n) is 6.94. The Morgan fingerprint density at radius 3 is 2.76 bits per heavy atom. The van der Waals surface area contributed by atoms with Crippen LogP contribution < -0.4 is 5.32 Å². The maximum Gasteiger partial charge on any atom is 0.338 e. The van der Waals surface area contributed by atoms with Crippen molar-refractivity contribution in [3.8, 4) is 0 Å². The van der Waals surface area contributed by atoms with Crippen LogP contribution in [0.3, 0.4) is 0 Å². The number of halogens is 1. The van der Waals surface area contributed by atoms with Gasteiger partial charge in [-0.05, 0) is 37.1 Å². The number of nitrogens with one attached hydrogen (secondary N) is 1. The van der Waals surface area contributed by atoms with Gasteiger partial charge in [-0.15, -0.1) is 0 Å². The van der Waals surface area contributed by atoms with Gasteiger partial charge in [-0.3, -0.25) is 0 Å². The lowest BCUT2D eigenvalue weighted by Gasteiger charge is -2.07. The molecular formula is C15H22FNO4. The molecule has 0 aromatic heterocycles. The molecule has 0 unspecified atom stereocenters. The van der Waals surface area contributed by atoms with Crippen LogP contribution in [0.5, 0.6) is 0 Å². The number of carboxylic acid groups (broad SMARTS) is 1. The van der Waals surface area contributed by atoms with E-state index in [0.29, 0.717) is 26.4 Å². The van der Waals surface area contributed by atoms with Gasteiger partial charge in [0.25, 0.3) is 0 Å². The van der Waals surface area contributed by atoms with Crippen molar-refractivity contribution in [1.29, 1.82) is 0 Å². The van der Waals surface area contributed by atoms with E-state index in [2.05, 4.69) is 5.32 Å². The summed E-state index contributed by atoms with van der Waals surface area (Å²) in [6.07, 6.45) is 1.91. The second kappa shape index (κ2) is 10.3. The van der Waals surface area contributed by atoms with Gasteiger partial charge >= 0.3 is 5.97 Å². The molecule has 0 spiro atoms. The highest BCUT2D eigenvalue weighted by Gasteiger charge is 2.09. The zero-order valence-electron chi connectivity index (χ0n) is 12.2. The van der Waals surface area contributed by atoms with Gasteiger partial charge in [0.15, 0.2) is 0 Å². The van der Waals surface area contributed by atoms with Gasteiger partial charge in [0.1, 0.15) is 5.82 Å². The molecule has 0 amide bonds. The number of carboxylic acids is 1. The summed E-state index contributed by atoms with van der Waals surface area (Å²) < 4.78 is 23.6. The fourth-order valence-corrected chi connectivity index (χ4v) is 1.77. The lowest BCUT2D eigenvalue weighted by atomic mass is 10.1. The molecule has 0 aliphatic carbocycles. The molecule has 0 aliphatic rings. The average molecular weight is 299 g/mol. The number of rotatable bonds is 11. The minimum Gasteiger partial charge on any atom is -0.478 e. The van der Waals surface area contributed by atoms with Crippen LogP contribution in [0, 0.1) is 5.82 Å². The first-order chi connectivity index (χ1) is 10.1. The third kappa shape index (κ3) is 7.17. The highest BCUT2D eigenvalue weighted by molar-refractivity contribution is 5.87. The lowest BCUT2D eigenvalue weighted by molar-refractivity contribution is 0.0688. The summed E-state index contributed by atoms with van der Waals surface area (Å²) in [5.41, 5.74) is 0.431. The number of unbranched alkanes of at least 4 members (excludes halogenated alkanes) is 1. The topological polar surface area (TPSA) is 67.8 Å². The quantitative estimate of drug-likeness (QED) is 0.612. The van der Waals surface area contributed by atoms with Crippen LogP contribution in [-0.4, -0.2) is 44.6 Å². The molecule has 1 aromatic rings. The molecule has 0 aliphatic heterocycles. The number of hydrogen-bond donors (Lipinski definition) is 2. The van der Waals surface area contributed by atoms with Gasteiger partial charge in [-0.25, -0.2) is 9.18 Å². The smallest absolute Gasteiger partial charge is 0.338 e. The molecule has 2 N–H and O–H groups in total. The van der Waals surface area contributed by atoms with Crippen LogP contribution in [0.4, 0.5) is 4.39 Å². The van der Waals surface area contributed by atoms with Crippen molar-refractivity contribution >= 4 is 5.97 Å². The van der Waals surface area contributed by atoms with Gasteiger partial charge in [-0.1, -0.05) is 6.07 Å². The number of aromatic carboxylic acids is 1. The fraction of sp³-hybridized carbons (Fsp3) is 0.533. The SMILES string of the molecule is COCCOCCCCNCc1ccc(C(=O)O)c(F)c1. The van der Waals surface area contributed by atoms with Crippen LogP contribution in [0.25, 0.3) is 0 Å². The van der Waals surface area contributed by atoms with Gasteiger partial charge in [0.2, 0.25) is 0 Å². The van der Waals surface area contributed by atoms with Crippen molar-refractivity contribution in [2.75, 3.05) is 33.5 Å². The zero-order chi connectivity index (χ0) is 15.5. The predicted molar refractivity (Wildman–Crippen MR) is 77.0 cm³/mol. The van der Waals surface area contributed by atoms with E-state index in [1.54, 1.807) is 13.2 Å². The summed E-state index contributed by atoms with van der Waals surface area (Å²) in [4.78, 5) is 10.7. The van der Waals surface area contributed by atoms with E-state index in [4.69, 9.17) is 14.6 Å². The largest absolute Gasteiger partial charge is 0.478 e. The van der Waals surface area contributed by atoms with Crippen molar-refractivity contribution in [3.05, 3.63) is 35.1 Å². The third-order valence-electron chi connectivity index (χ3n) is 2.92. The van der Waals surface area contributed by atoms with E-state index in [9.17, 15) is 9.18 Å². The van der Waals surface area contributed by atoms with Crippen LogP contribution in [-0.2, 0) is 16.0 Å². The maximum atomic E-state index is 13.4. The van der Waals surface area contributed by atoms with Crippen molar-refractivity contribution in [1.82, 2.24) is 5.32 Å². The number of benzene rings is 1. The van der Waals surface area contributed by atoms with Crippen LogP contribution >= 0.6 is 0 Å². The molecule has 0 saturated heterocycles. The number of hydrogen-bond acceptors (Lipinski definition) is 4. The Kier molecular flexibility index (Phi) is 8.57. The van der Waals surface area contributed by atoms with Crippen molar-refractivity contribution in [2.24, 2.45) is 0 Å². The Bertz CT molecular complexity index is 440. The van der Waals surface area contributed by atoms with Crippen molar-refractivity contribution in [3.63, 3.8) is 0 Å². The maximum absolute atomic E-state index is 13.4. The third-order valence-corrected chi connectivity index (χ3v) is 2.92. The van der Waals surface area contributed by atoms with E-state index in [0.717, 1.165) is 24.9 Å². The predicted octanol–water partition coefficient (Wildman–Crippen LogP) is 2.06. The number of ether oxygens (including phenoxy) is 2. The first-order valence-corrected chi connectivity index (χ1v) is 6.94.